The molecule has 0 aliphatic rings. The first-order valence-electron chi connectivity index (χ1n) is 10.2. The van der Waals surface area contributed by atoms with E-state index in [1.54, 1.807) is 11.3 Å². The summed E-state index contributed by atoms with van der Waals surface area (Å²) in [7, 11) is 0. The summed E-state index contributed by atoms with van der Waals surface area (Å²) in [5, 5.41) is 14.6. The molecule has 2 N–H and O–H groups in total. The highest BCUT2D eigenvalue weighted by molar-refractivity contribution is 7.09. The summed E-state index contributed by atoms with van der Waals surface area (Å²) >= 11 is 1.55. The number of rotatable bonds is 11. The summed E-state index contributed by atoms with van der Waals surface area (Å²) in [4.78, 5) is 26.6. The van der Waals surface area contributed by atoms with Gasteiger partial charge in [-0.15, -0.1) is 11.3 Å². The summed E-state index contributed by atoms with van der Waals surface area (Å²) in [5.41, 5.74) is -0.563. The third-order valence-corrected chi connectivity index (χ3v) is 5.43. The van der Waals surface area contributed by atoms with E-state index in [9.17, 15) is 14.7 Å². The van der Waals surface area contributed by atoms with Crippen molar-refractivity contribution in [3.63, 3.8) is 0 Å². The van der Waals surface area contributed by atoms with Gasteiger partial charge in [-0.3, -0.25) is 0 Å². The number of amides is 2. The Morgan fingerprint density at radius 2 is 2.00 bits per heavy atom. The molecule has 2 amide bonds. The Balaban J connectivity index is 2.85. The van der Waals surface area contributed by atoms with Crippen LogP contribution in [0.2, 0.25) is 0 Å². The molecule has 0 spiro atoms. The number of nitrogens with zero attached hydrogens (tertiary/aromatic N) is 1. The van der Waals surface area contributed by atoms with E-state index in [1.165, 1.54) is 4.90 Å². The predicted octanol–water partition coefficient (Wildman–Crippen LogP) is 5.73. The Kier molecular flexibility index (Phi) is 10.4. The minimum atomic E-state index is -0.934. The molecule has 0 saturated heterocycles. The highest BCUT2D eigenvalue weighted by atomic mass is 32.1. The molecular formula is C21H36N2O4S. The van der Waals surface area contributed by atoms with Crippen LogP contribution >= 0.6 is 11.3 Å². The first-order valence-corrected chi connectivity index (χ1v) is 11.0. The van der Waals surface area contributed by atoms with Crippen LogP contribution in [-0.4, -0.2) is 40.4 Å². The SMILES string of the molecule is CCCCCC(NC(=O)OC(C)(C)C)[C@@H](CC)CN(Cc1cccs1)C(=O)O. The van der Waals surface area contributed by atoms with Gasteiger partial charge in [0.2, 0.25) is 0 Å². The average molecular weight is 413 g/mol. The van der Waals surface area contributed by atoms with Crippen LogP contribution in [0.1, 0.15) is 71.6 Å². The van der Waals surface area contributed by atoms with Crippen LogP contribution in [0.25, 0.3) is 0 Å². The van der Waals surface area contributed by atoms with E-state index < -0.39 is 17.8 Å². The van der Waals surface area contributed by atoms with Gasteiger partial charge >= 0.3 is 12.2 Å². The zero-order valence-electron chi connectivity index (χ0n) is 17.9. The number of hydrogen-bond acceptors (Lipinski definition) is 4. The van der Waals surface area contributed by atoms with E-state index in [-0.39, 0.29) is 12.0 Å². The molecular weight excluding hydrogens is 376 g/mol. The van der Waals surface area contributed by atoms with Crippen molar-refractivity contribution in [1.29, 1.82) is 0 Å². The van der Waals surface area contributed by atoms with Gasteiger partial charge in [-0.2, -0.15) is 0 Å². The summed E-state index contributed by atoms with van der Waals surface area (Å²) in [6.45, 7) is 10.4. The zero-order chi connectivity index (χ0) is 21.2. The van der Waals surface area contributed by atoms with E-state index in [4.69, 9.17) is 4.74 Å². The van der Waals surface area contributed by atoms with Crippen molar-refractivity contribution in [3.05, 3.63) is 22.4 Å². The number of thiophene rings is 1. The summed E-state index contributed by atoms with van der Waals surface area (Å²) < 4.78 is 5.43. The third-order valence-electron chi connectivity index (χ3n) is 4.57. The van der Waals surface area contributed by atoms with Crippen LogP contribution in [0.4, 0.5) is 9.59 Å². The summed E-state index contributed by atoms with van der Waals surface area (Å²) in [5.74, 6) is 0.0282. The fraction of sp³-hybridized carbons (Fsp3) is 0.714. The molecule has 0 saturated carbocycles. The first-order chi connectivity index (χ1) is 13.2. The number of carboxylic acid groups (broad SMARTS) is 1. The van der Waals surface area contributed by atoms with Gasteiger partial charge in [0.05, 0.1) is 6.54 Å². The maximum Gasteiger partial charge on any atom is 0.407 e. The van der Waals surface area contributed by atoms with Crippen molar-refractivity contribution in [2.45, 2.75) is 84.9 Å². The van der Waals surface area contributed by atoms with Crippen molar-refractivity contribution in [2.75, 3.05) is 6.54 Å². The fourth-order valence-corrected chi connectivity index (χ4v) is 3.84. The van der Waals surface area contributed by atoms with Gasteiger partial charge in [0.15, 0.2) is 0 Å². The number of carbonyl (C=O) groups excluding carboxylic acids is 1. The Bertz CT molecular complexity index is 584. The van der Waals surface area contributed by atoms with Gasteiger partial charge in [0.25, 0.3) is 0 Å². The van der Waals surface area contributed by atoms with E-state index in [1.807, 2.05) is 45.2 Å². The quantitative estimate of drug-likeness (QED) is 0.455. The maximum absolute atomic E-state index is 12.3. The number of alkyl carbamates (subject to hydrolysis) is 1. The number of ether oxygens (including phenoxy) is 1. The minimum Gasteiger partial charge on any atom is -0.465 e. The highest BCUT2D eigenvalue weighted by Crippen LogP contribution is 2.21. The molecule has 1 aromatic heterocycles. The van der Waals surface area contributed by atoms with Crippen LogP contribution in [0, 0.1) is 5.92 Å². The number of hydrogen-bond donors (Lipinski definition) is 2. The van der Waals surface area contributed by atoms with E-state index in [0.29, 0.717) is 13.1 Å². The van der Waals surface area contributed by atoms with Gasteiger partial charge in [-0.1, -0.05) is 39.2 Å². The molecule has 160 valence electrons. The van der Waals surface area contributed by atoms with Crippen LogP contribution in [0.3, 0.4) is 0 Å². The van der Waals surface area contributed by atoms with Gasteiger partial charge in [0.1, 0.15) is 5.60 Å². The van der Waals surface area contributed by atoms with Crippen LogP contribution in [0.15, 0.2) is 17.5 Å². The molecule has 0 aliphatic heterocycles. The lowest BCUT2D eigenvalue weighted by molar-refractivity contribution is 0.0470. The van der Waals surface area contributed by atoms with Crippen molar-refractivity contribution in [1.82, 2.24) is 10.2 Å². The average Bonchev–Trinajstić information content (AvgIpc) is 3.09. The maximum atomic E-state index is 12.3. The van der Waals surface area contributed by atoms with Gasteiger partial charge in [-0.25, -0.2) is 9.59 Å². The third kappa shape index (κ3) is 9.44. The molecule has 0 bridgehead atoms. The minimum absolute atomic E-state index is 0.0282. The Morgan fingerprint density at radius 3 is 2.50 bits per heavy atom. The molecule has 7 heteroatoms. The molecule has 0 radical (unpaired) electrons. The van der Waals surface area contributed by atoms with Crippen molar-refractivity contribution in [2.24, 2.45) is 5.92 Å². The molecule has 1 aromatic rings. The van der Waals surface area contributed by atoms with Crippen molar-refractivity contribution < 1.29 is 19.4 Å². The smallest absolute Gasteiger partial charge is 0.407 e. The van der Waals surface area contributed by atoms with Gasteiger partial charge in [0, 0.05) is 17.5 Å². The molecule has 1 unspecified atom stereocenters. The second-order valence-corrected chi connectivity index (χ2v) is 9.19. The summed E-state index contributed by atoms with van der Waals surface area (Å²) in [6.07, 6.45) is 3.39. The second kappa shape index (κ2) is 11.9. The lowest BCUT2D eigenvalue weighted by atomic mass is 9.91. The lowest BCUT2D eigenvalue weighted by Gasteiger charge is -2.32. The number of unbranched alkanes of at least 4 members (excludes halogenated alkanes) is 2. The van der Waals surface area contributed by atoms with Crippen molar-refractivity contribution in [3.8, 4) is 0 Å². The van der Waals surface area contributed by atoms with Crippen LogP contribution < -0.4 is 5.32 Å². The summed E-state index contributed by atoms with van der Waals surface area (Å²) in [6, 6.07) is 3.75. The largest absolute Gasteiger partial charge is 0.465 e. The molecule has 2 atom stereocenters. The molecule has 1 heterocycles. The first kappa shape index (κ1) is 24.3. The Morgan fingerprint density at radius 1 is 1.29 bits per heavy atom. The number of carbonyl (C=O) groups is 2. The van der Waals surface area contributed by atoms with Crippen LogP contribution in [-0.2, 0) is 11.3 Å². The molecule has 0 aromatic carbocycles. The predicted molar refractivity (Wildman–Crippen MR) is 114 cm³/mol. The Labute approximate surface area is 173 Å². The second-order valence-electron chi connectivity index (χ2n) is 8.16. The number of nitrogens with one attached hydrogen (secondary N) is 1. The standard InChI is InChI=1S/C21H36N2O4S/c1-6-8-9-12-18(22-19(24)27-21(3,4)5)16(7-2)14-23(20(25)26)15-17-11-10-13-28-17/h10-11,13,16,18H,6-9,12,14-15H2,1-5H3,(H,22,24)(H,25,26)/t16-,18?/m0/s1. The molecule has 0 fully saturated rings. The van der Waals surface area contributed by atoms with Crippen molar-refractivity contribution >= 4 is 23.5 Å². The van der Waals surface area contributed by atoms with E-state index in [2.05, 4.69) is 12.2 Å². The molecule has 6 nitrogen and oxygen atoms in total. The van der Waals surface area contributed by atoms with Gasteiger partial charge in [-0.05, 0) is 51.0 Å². The lowest BCUT2D eigenvalue weighted by Crippen LogP contribution is -2.47. The topological polar surface area (TPSA) is 78.9 Å². The molecule has 28 heavy (non-hydrogen) atoms. The monoisotopic (exact) mass is 412 g/mol. The fourth-order valence-electron chi connectivity index (χ4n) is 3.12. The normalized spacial score (nSPS) is 13.6. The molecule has 0 aliphatic carbocycles. The van der Waals surface area contributed by atoms with E-state index >= 15 is 0 Å². The zero-order valence-corrected chi connectivity index (χ0v) is 18.7. The Hall–Kier alpha value is -1.76. The highest BCUT2D eigenvalue weighted by Gasteiger charge is 2.28. The molecule has 1 rings (SSSR count). The van der Waals surface area contributed by atoms with Crippen LogP contribution in [0.5, 0.6) is 0 Å². The van der Waals surface area contributed by atoms with Gasteiger partial charge < -0.3 is 20.1 Å². The van der Waals surface area contributed by atoms with E-state index in [0.717, 1.165) is 37.0 Å².